The number of benzene rings is 1. The van der Waals surface area contributed by atoms with E-state index in [-0.39, 0.29) is 0 Å². The molecule has 84 valence electrons. The van der Waals surface area contributed by atoms with Crippen LogP contribution in [-0.2, 0) is 0 Å². The fraction of sp³-hybridized carbons (Fsp3) is 0.538. The monoisotopic (exact) mass is 223 g/mol. The van der Waals surface area contributed by atoms with Crippen molar-refractivity contribution in [3.05, 3.63) is 35.4 Å². The molecule has 0 fully saturated rings. The first-order chi connectivity index (χ1) is 7.27. The molecular formula is C13H21NS. The summed E-state index contributed by atoms with van der Waals surface area (Å²) in [4.78, 5) is 0. The summed E-state index contributed by atoms with van der Waals surface area (Å²) in [5.74, 6) is 1.78. The van der Waals surface area contributed by atoms with Gasteiger partial charge >= 0.3 is 0 Å². The van der Waals surface area contributed by atoms with Crippen LogP contribution in [0.1, 0.15) is 29.9 Å². The van der Waals surface area contributed by atoms with E-state index in [1.807, 2.05) is 11.8 Å². The van der Waals surface area contributed by atoms with Gasteiger partial charge in [-0.25, -0.2) is 0 Å². The maximum Gasteiger partial charge on any atom is -0.000823 e. The van der Waals surface area contributed by atoms with E-state index in [1.54, 1.807) is 0 Å². The van der Waals surface area contributed by atoms with Crippen LogP contribution in [0, 0.1) is 6.92 Å². The van der Waals surface area contributed by atoms with Crippen molar-refractivity contribution in [1.29, 1.82) is 0 Å². The van der Waals surface area contributed by atoms with E-state index in [2.05, 4.69) is 37.4 Å². The second kappa shape index (κ2) is 6.91. The molecule has 2 N–H and O–H groups in total. The predicted octanol–water partition coefficient (Wildman–Crippen LogP) is 3.18. The molecule has 0 aliphatic carbocycles. The second-order valence-corrected chi connectivity index (χ2v) is 4.97. The molecule has 1 rings (SSSR count). The summed E-state index contributed by atoms with van der Waals surface area (Å²) in [6.45, 7) is 2.90. The quantitative estimate of drug-likeness (QED) is 0.750. The van der Waals surface area contributed by atoms with E-state index in [0.717, 1.165) is 6.54 Å². The van der Waals surface area contributed by atoms with Crippen molar-refractivity contribution in [2.24, 2.45) is 5.73 Å². The average molecular weight is 223 g/mol. The minimum absolute atomic E-state index is 0.539. The van der Waals surface area contributed by atoms with Gasteiger partial charge in [0.15, 0.2) is 0 Å². The predicted molar refractivity (Wildman–Crippen MR) is 70.6 cm³/mol. The van der Waals surface area contributed by atoms with Gasteiger partial charge in [-0.15, -0.1) is 0 Å². The molecule has 1 unspecified atom stereocenters. The lowest BCUT2D eigenvalue weighted by Crippen LogP contribution is -2.12. The third-order valence-corrected chi connectivity index (χ3v) is 3.40. The Kier molecular flexibility index (Phi) is 5.81. The molecule has 0 aliphatic rings. The van der Waals surface area contributed by atoms with Crippen molar-refractivity contribution in [3.63, 3.8) is 0 Å². The highest BCUT2D eigenvalue weighted by Crippen LogP contribution is 2.21. The third kappa shape index (κ3) is 4.27. The topological polar surface area (TPSA) is 26.0 Å². The van der Waals surface area contributed by atoms with Crippen LogP contribution in [0.25, 0.3) is 0 Å². The molecule has 0 spiro atoms. The molecule has 15 heavy (non-hydrogen) atoms. The summed E-state index contributed by atoms with van der Waals surface area (Å²) < 4.78 is 0. The summed E-state index contributed by atoms with van der Waals surface area (Å²) in [5, 5.41) is 0. The number of hydrogen-bond acceptors (Lipinski definition) is 2. The van der Waals surface area contributed by atoms with Crippen molar-refractivity contribution in [3.8, 4) is 0 Å². The molecule has 1 atom stereocenters. The van der Waals surface area contributed by atoms with Gasteiger partial charge in [0.1, 0.15) is 0 Å². The van der Waals surface area contributed by atoms with E-state index in [4.69, 9.17) is 5.73 Å². The van der Waals surface area contributed by atoms with Crippen LogP contribution in [0.5, 0.6) is 0 Å². The van der Waals surface area contributed by atoms with Crippen LogP contribution < -0.4 is 5.73 Å². The number of nitrogens with two attached hydrogens (primary N) is 1. The smallest absolute Gasteiger partial charge is 0.000823 e. The van der Waals surface area contributed by atoms with Gasteiger partial charge in [-0.05, 0) is 49.8 Å². The Bertz CT molecular complexity index is 286. The zero-order chi connectivity index (χ0) is 11.1. The van der Waals surface area contributed by atoms with Crippen LogP contribution in [-0.4, -0.2) is 18.6 Å². The Balaban J connectivity index is 2.57. The lowest BCUT2D eigenvalue weighted by Gasteiger charge is -2.15. The summed E-state index contributed by atoms with van der Waals surface area (Å²) in [5.41, 5.74) is 8.56. The number of thioether (sulfide) groups is 1. The van der Waals surface area contributed by atoms with Crippen molar-refractivity contribution in [1.82, 2.24) is 0 Å². The lowest BCUT2D eigenvalue weighted by molar-refractivity contribution is 0.625. The van der Waals surface area contributed by atoms with Crippen LogP contribution in [0.4, 0.5) is 0 Å². The van der Waals surface area contributed by atoms with Crippen molar-refractivity contribution >= 4 is 11.8 Å². The second-order valence-electron chi connectivity index (χ2n) is 3.98. The first kappa shape index (κ1) is 12.6. The number of hydrogen-bond donors (Lipinski definition) is 1. The van der Waals surface area contributed by atoms with Crippen molar-refractivity contribution in [2.75, 3.05) is 18.6 Å². The summed E-state index contributed by atoms with van der Waals surface area (Å²) in [6.07, 6.45) is 4.63. The van der Waals surface area contributed by atoms with Gasteiger partial charge in [-0.3, -0.25) is 0 Å². The molecule has 0 heterocycles. The van der Waals surface area contributed by atoms with Gasteiger partial charge in [-0.2, -0.15) is 11.8 Å². The molecule has 0 aliphatic heterocycles. The molecule has 0 bridgehead atoms. The Morgan fingerprint density at radius 2 is 2.20 bits per heavy atom. The summed E-state index contributed by atoms with van der Waals surface area (Å²) in [6, 6.07) is 8.72. The normalized spacial score (nSPS) is 12.7. The van der Waals surface area contributed by atoms with E-state index >= 15 is 0 Å². The summed E-state index contributed by atoms with van der Waals surface area (Å²) >= 11 is 1.91. The molecule has 0 amide bonds. The number of aryl methyl sites for hydroxylation is 1. The van der Waals surface area contributed by atoms with Gasteiger partial charge < -0.3 is 5.73 Å². The minimum atomic E-state index is 0.539. The Morgan fingerprint density at radius 1 is 1.40 bits per heavy atom. The molecule has 1 aromatic carbocycles. The molecule has 0 aromatic heterocycles. The Morgan fingerprint density at radius 3 is 2.80 bits per heavy atom. The van der Waals surface area contributed by atoms with E-state index in [9.17, 15) is 0 Å². The maximum atomic E-state index is 5.83. The van der Waals surface area contributed by atoms with Gasteiger partial charge in [0.2, 0.25) is 0 Å². The van der Waals surface area contributed by atoms with Gasteiger partial charge in [0.05, 0.1) is 0 Å². The summed E-state index contributed by atoms with van der Waals surface area (Å²) in [7, 11) is 0. The Labute approximate surface area is 97.4 Å². The largest absolute Gasteiger partial charge is 0.330 e. The highest BCUT2D eigenvalue weighted by atomic mass is 32.2. The highest BCUT2D eigenvalue weighted by Gasteiger charge is 2.08. The molecule has 0 saturated carbocycles. The van der Waals surface area contributed by atoms with E-state index in [0.29, 0.717) is 5.92 Å². The molecule has 2 heteroatoms. The Hall–Kier alpha value is -0.470. The average Bonchev–Trinajstić information content (AvgIpc) is 2.24. The maximum absolute atomic E-state index is 5.83. The zero-order valence-electron chi connectivity index (χ0n) is 9.70. The van der Waals surface area contributed by atoms with Crippen LogP contribution in [0.3, 0.4) is 0 Å². The van der Waals surface area contributed by atoms with Gasteiger partial charge in [0.25, 0.3) is 0 Å². The van der Waals surface area contributed by atoms with Gasteiger partial charge in [-0.1, -0.05) is 29.8 Å². The van der Waals surface area contributed by atoms with Crippen LogP contribution in [0.15, 0.2) is 24.3 Å². The SMILES string of the molecule is CSCCCC(CN)c1cccc(C)c1. The number of rotatable bonds is 6. The standard InChI is InChI=1S/C13H21NS/c1-11-5-3-6-12(9-11)13(10-14)7-4-8-15-2/h3,5-6,9,13H,4,7-8,10,14H2,1-2H3. The third-order valence-electron chi connectivity index (χ3n) is 2.70. The molecule has 0 saturated heterocycles. The van der Waals surface area contributed by atoms with Crippen LogP contribution >= 0.6 is 11.8 Å². The van der Waals surface area contributed by atoms with E-state index < -0.39 is 0 Å². The first-order valence-electron chi connectivity index (χ1n) is 5.53. The molecule has 1 aromatic rings. The highest BCUT2D eigenvalue weighted by molar-refractivity contribution is 7.98. The fourth-order valence-corrected chi connectivity index (χ4v) is 2.27. The molecular weight excluding hydrogens is 202 g/mol. The first-order valence-corrected chi connectivity index (χ1v) is 6.93. The minimum Gasteiger partial charge on any atom is -0.330 e. The zero-order valence-corrected chi connectivity index (χ0v) is 10.5. The van der Waals surface area contributed by atoms with E-state index in [1.165, 1.54) is 29.7 Å². The fourth-order valence-electron chi connectivity index (χ4n) is 1.82. The van der Waals surface area contributed by atoms with Crippen molar-refractivity contribution in [2.45, 2.75) is 25.7 Å². The molecule has 1 nitrogen and oxygen atoms in total. The van der Waals surface area contributed by atoms with Crippen LogP contribution in [0.2, 0.25) is 0 Å². The lowest BCUT2D eigenvalue weighted by atomic mass is 9.93. The molecule has 0 radical (unpaired) electrons. The van der Waals surface area contributed by atoms with Gasteiger partial charge in [0, 0.05) is 0 Å². The van der Waals surface area contributed by atoms with Crippen molar-refractivity contribution < 1.29 is 0 Å².